The molecule has 69 heavy (non-hydrogen) atoms. The van der Waals surface area contributed by atoms with Crippen molar-refractivity contribution in [1.29, 1.82) is 0 Å². The van der Waals surface area contributed by atoms with Crippen molar-refractivity contribution < 1.29 is 0 Å². The molecule has 0 amide bonds. The monoisotopic (exact) mass is 893 g/mol. The fourth-order valence-corrected chi connectivity index (χ4v) is 13.0. The summed E-state index contributed by atoms with van der Waals surface area (Å²) < 4.78 is 2.63. The molecule has 322 valence electrons. The average Bonchev–Trinajstić information content (AvgIpc) is 4.06. The predicted octanol–water partition coefficient (Wildman–Crippen LogP) is 18.5. The van der Waals surface area contributed by atoms with Gasteiger partial charge >= 0.3 is 0 Å². The second kappa shape index (κ2) is 15.8. The second-order valence-corrected chi connectivity index (χ2v) is 19.3. The molecular formula is C67H43NS. The molecule has 0 bridgehead atoms. The Morgan fingerprint density at radius 1 is 0.275 bits per heavy atom. The summed E-state index contributed by atoms with van der Waals surface area (Å²) in [7, 11) is 0. The Kier molecular flexibility index (Phi) is 9.05. The maximum atomic E-state index is 2.56. The number of rotatable bonds is 7. The molecule has 0 unspecified atom stereocenters. The molecule has 2 heteroatoms. The number of thiophene rings is 1. The first kappa shape index (κ1) is 39.6. The lowest BCUT2D eigenvalue weighted by molar-refractivity contribution is 0.794. The Balaban J connectivity index is 1.06. The summed E-state index contributed by atoms with van der Waals surface area (Å²) in [4.78, 5) is 2.56. The second-order valence-electron chi connectivity index (χ2n) is 18.3. The maximum absolute atomic E-state index is 2.56. The Hall–Kier alpha value is -8.56. The van der Waals surface area contributed by atoms with E-state index in [1.54, 1.807) is 0 Å². The highest BCUT2D eigenvalue weighted by molar-refractivity contribution is 7.25. The topological polar surface area (TPSA) is 3.24 Å². The van der Waals surface area contributed by atoms with Gasteiger partial charge in [-0.1, -0.05) is 218 Å². The van der Waals surface area contributed by atoms with E-state index in [2.05, 4.69) is 266 Å². The van der Waals surface area contributed by atoms with E-state index < -0.39 is 5.41 Å². The Bertz CT molecular complexity index is 3910. The lowest BCUT2D eigenvalue weighted by Gasteiger charge is -2.33. The molecule has 0 N–H and O–H groups in total. The lowest BCUT2D eigenvalue weighted by Crippen LogP contribution is -2.26. The van der Waals surface area contributed by atoms with Gasteiger partial charge in [-0.05, 0) is 120 Å². The molecule has 0 radical (unpaired) electrons. The van der Waals surface area contributed by atoms with Crippen LogP contribution in [0.25, 0.3) is 86.9 Å². The number of benzene rings is 11. The zero-order valence-corrected chi connectivity index (χ0v) is 38.5. The Labute approximate surface area is 406 Å². The van der Waals surface area contributed by atoms with Crippen LogP contribution in [0.1, 0.15) is 22.3 Å². The van der Waals surface area contributed by atoms with Crippen LogP contribution in [0.4, 0.5) is 17.1 Å². The number of hydrogen-bond donors (Lipinski definition) is 0. The van der Waals surface area contributed by atoms with Crippen LogP contribution in [0, 0.1) is 0 Å². The number of nitrogens with zero attached hydrogens (tertiary/aromatic N) is 1. The highest BCUT2D eigenvalue weighted by Gasteiger charge is 2.52. The van der Waals surface area contributed by atoms with Crippen LogP contribution in [0.15, 0.2) is 261 Å². The summed E-state index contributed by atoms with van der Waals surface area (Å²) in [6.45, 7) is 0. The normalized spacial score (nSPS) is 12.8. The van der Waals surface area contributed by atoms with E-state index in [0.717, 1.165) is 17.1 Å². The molecule has 12 aromatic rings. The lowest BCUT2D eigenvalue weighted by atomic mass is 9.70. The van der Waals surface area contributed by atoms with Gasteiger partial charge in [-0.15, -0.1) is 11.3 Å². The average molecular weight is 894 g/mol. The summed E-state index contributed by atoms with van der Waals surface area (Å²) in [6.07, 6.45) is 0. The Morgan fingerprint density at radius 2 is 0.754 bits per heavy atom. The molecule has 1 heterocycles. The molecular weight excluding hydrogens is 851 g/mol. The molecule has 1 spiro atoms. The van der Waals surface area contributed by atoms with Crippen LogP contribution < -0.4 is 4.90 Å². The molecule has 0 saturated heterocycles. The third-order valence-electron chi connectivity index (χ3n) is 14.7. The molecule has 0 saturated carbocycles. The van der Waals surface area contributed by atoms with Crippen LogP contribution in [-0.4, -0.2) is 0 Å². The van der Waals surface area contributed by atoms with Crippen molar-refractivity contribution in [3.05, 3.63) is 283 Å². The van der Waals surface area contributed by atoms with Crippen molar-refractivity contribution >= 4 is 48.6 Å². The van der Waals surface area contributed by atoms with Gasteiger partial charge in [-0.25, -0.2) is 0 Å². The largest absolute Gasteiger partial charge is 0.309 e. The van der Waals surface area contributed by atoms with Gasteiger partial charge in [-0.3, -0.25) is 0 Å². The van der Waals surface area contributed by atoms with Gasteiger partial charge in [0.15, 0.2) is 0 Å². The molecule has 0 fully saturated rings. The van der Waals surface area contributed by atoms with Gasteiger partial charge in [0.1, 0.15) is 0 Å². The van der Waals surface area contributed by atoms with Gasteiger partial charge < -0.3 is 4.90 Å². The van der Waals surface area contributed by atoms with E-state index in [-0.39, 0.29) is 0 Å². The van der Waals surface area contributed by atoms with Crippen LogP contribution >= 0.6 is 11.3 Å². The number of anilines is 3. The van der Waals surface area contributed by atoms with Crippen molar-refractivity contribution in [2.75, 3.05) is 4.90 Å². The van der Waals surface area contributed by atoms with E-state index in [0.29, 0.717) is 0 Å². The van der Waals surface area contributed by atoms with Gasteiger partial charge in [0.25, 0.3) is 0 Å². The molecule has 1 nitrogen and oxygen atoms in total. The number of fused-ring (bicyclic) bond motifs is 13. The van der Waals surface area contributed by atoms with Crippen LogP contribution in [0.3, 0.4) is 0 Å². The van der Waals surface area contributed by atoms with Crippen molar-refractivity contribution in [1.82, 2.24) is 0 Å². The van der Waals surface area contributed by atoms with Crippen molar-refractivity contribution in [3.63, 3.8) is 0 Å². The van der Waals surface area contributed by atoms with Gasteiger partial charge in [0.2, 0.25) is 0 Å². The first-order valence-electron chi connectivity index (χ1n) is 23.8. The molecule has 2 aliphatic rings. The fourth-order valence-electron chi connectivity index (χ4n) is 11.9. The summed E-state index contributed by atoms with van der Waals surface area (Å²) in [5, 5.41) is 2.62. The van der Waals surface area contributed by atoms with E-state index in [9.17, 15) is 0 Å². The fraction of sp³-hybridized carbons (Fsp3) is 0.0149. The van der Waals surface area contributed by atoms with Gasteiger partial charge in [0, 0.05) is 37.0 Å². The standard InChI is InChI=1S/C67H43NS/c1-3-19-45(20-4-1)49-23-7-8-27-54(49)65-50(46-21-5-2-6-22-46)29-17-34-61(65)68(48-40-37-44(38-41-48)47-39-42-64-56(43-47)53-26-12-16-36-63(53)69-64)62-35-18-33-60-66(62)55-28-11-15-32-59(55)67(60)57-30-13-9-24-51(57)52-25-10-14-31-58(52)67/h1-43H. The van der Waals surface area contributed by atoms with Crippen LogP contribution in [0.5, 0.6) is 0 Å². The van der Waals surface area contributed by atoms with Gasteiger partial charge in [0.05, 0.1) is 16.8 Å². The smallest absolute Gasteiger partial charge is 0.0726 e. The van der Waals surface area contributed by atoms with Crippen molar-refractivity contribution in [2.24, 2.45) is 0 Å². The van der Waals surface area contributed by atoms with Crippen LogP contribution in [0.2, 0.25) is 0 Å². The summed E-state index contributed by atoms with van der Waals surface area (Å²) in [5.41, 5.74) is 22.8. The Morgan fingerprint density at radius 3 is 1.45 bits per heavy atom. The molecule has 11 aromatic carbocycles. The van der Waals surface area contributed by atoms with E-state index in [1.807, 2.05) is 11.3 Å². The highest BCUT2D eigenvalue weighted by atomic mass is 32.1. The summed E-state index contributed by atoms with van der Waals surface area (Å²) in [6, 6.07) is 97.0. The highest BCUT2D eigenvalue weighted by Crippen LogP contribution is 2.65. The van der Waals surface area contributed by atoms with Crippen molar-refractivity contribution in [2.45, 2.75) is 5.41 Å². The maximum Gasteiger partial charge on any atom is 0.0726 e. The molecule has 14 rings (SSSR count). The first-order chi connectivity index (χ1) is 34.3. The van der Waals surface area contributed by atoms with Crippen molar-refractivity contribution in [3.8, 4) is 66.8 Å². The molecule has 0 atom stereocenters. The molecule has 2 aliphatic carbocycles. The summed E-state index contributed by atoms with van der Waals surface area (Å²) >= 11 is 1.86. The zero-order chi connectivity index (χ0) is 45.5. The minimum Gasteiger partial charge on any atom is -0.309 e. The van der Waals surface area contributed by atoms with E-state index in [4.69, 9.17) is 0 Å². The minimum atomic E-state index is -0.482. The zero-order valence-electron chi connectivity index (χ0n) is 37.7. The van der Waals surface area contributed by atoms with Crippen LogP contribution in [-0.2, 0) is 5.41 Å². The quantitative estimate of drug-likeness (QED) is 0.154. The predicted molar refractivity (Wildman–Crippen MR) is 292 cm³/mol. The third-order valence-corrected chi connectivity index (χ3v) is 15.9. The van der Waals surface area contributed by atoms with Gasteiger partial charge in [-0.2, -0.15) is 0 Å². The van der Waals surface area contributed by atoms with E-state index >= 15 is 0 Å². The third kappa shape index (κ3) is 5.96. The SMILES string of the molecule is c1ccc(-c2ccccc2-c2c(-c3ccccc3)cccc2N(c2ccc(-c3ccc4sc5ccccc5c4c3)cc2)c2cccc3c2-c2ccccc2C32c3ccccc3-c3ccccc32)cc1. The molecule has 0 aliphatic heterocycles. The van der Waals surface area contributed by atoms with E-state index in [1.165, 1.54) is 109 Å². The summed E-state index contributed by atoms with van der Waals surface area (Å²) in [5.74, 6) is 0. The minimum absolute atomic E-state index is 0.482. The molecule has 1 aromatic heterocycles. The number of hydrogen-bond acceptors (Lipinski definition) is 2. The first-order valence-corrected chi connectivity index (χ1v) is 24.7.